The molecule has 6 nitrogen and oxygen atoms in total. The summed E-state index contributed by atoms with van der Waals surface area (Å²) in [5, 5.41) is 11.5. The molecule has 2 N–H and O–H groups in total. The van der Waals surface area contributed by atoms with E-state index >= 15 is 0 Å². The Morgan fingerprint density at radius 3 is 2.71 bits per heavy atom. The summed E-state index contributed by atoms with van der Waals surface area (Å²) in [4.78, 5) is 22.3. The van der Waals surface area contributed by atoms with Gasteiger partial charge in [0.15, 0.2) is 6.61 Å². The second-order valence-electron chi connectivity index (χ2n) is 7.10. The molecular weight excluding hydrogens is 310 g/mol. The molecule has 24 heavy (non-hydrogen) atoms. The maximum Gasteiger partial charge on any atom is 0.407 e. The van der Waals surface area contributed by atoms with E-state index in [0.717, 1.165) is 24.8 Å². The zero-order valence-corrected chi connectivity index (χ0v) is 14.4. The molecule has 0 aliphatic heterocycles. The molecular formula is C18H25NO5. The third-order valence-corrected chi connectivity index (χ3v) is 3.80. The molecule has 0 bridgehead atoms. The Morgan fingerprint density at radius 1 is 1.29 bits per heavy atom. The molecule has 1 atom stereocenters. The molecule has 0 fully saturated rings. The molecule has 1 aromatic rings. The van der Waals surface area contributed by atoms with Crippen LogP contribution in [0.2, 0.25) is 0 Å². The number of fused-ring (bicyclic) bond motifs is 1. The summed E-state index contributed by atoms with van der Waals surface area (Å²) in [5.41, 5.74) is 1.91. The van der Waals surface area contributed by atoms with Crippen molar-refractivity contribution in [2.75, 3.05) is 13.2 Å². The van der Waals surface area contributed by atoms with Crippen LogP contribution in [-0.4, -0.2) is 35.9 Å². The van der Waals surface area contributed by atoms with Crippen LogP contribution in [0, 0.1) is 5.92 Å². The fourth-order valence-corrected chi connectivity index (χ4v) is 2.76. The lowest BCUT2D eigenvalue weighted by Gasteiger charge is -2.26. The van der Waals surface area contributed by atoms with Crippen LogP contribution in [0.25, 0.3) is 0 Å². The molecule has 0 aromatic heterocycles. The summed E-state index contributed by atoms with van der Waals surface area (Å²) in [7, 11) is 0. The summed E-state index contributed by atoms with van der Waals surface area (Å²) < 4.78 is 10.5. The Bertz CT molecular complexity index is 606. The third kappa shape index (κ3) is 5.76. The highest BCUT2D eigenvalue weighted by Gasteiger charge is 2.21. The van der Waals surface area contributed by atoms with Gasteiger partial charge in [-0.3, -0.25) is 0 Å². The van der Waals surface area contributed by atoms with Gasteiger partial charge in [0.2, 0.25) is 0 Å². The molecule has 0 saturated carbocycles. The van der Waals surface area contributed by atoms with Crippen LogP contribution in [0.4, 0.5) is 4.79 Å². The van der Waals surface area contributed by atoms with E-state index in [1.807, 2.05) is 32.9 Å². The van der Waals surface area contributed by atoms with Gasteiger partial charge in [0.05, 0.1) is 0 Å². The van der Waals surface area contributed by atoms with Crippen molar-refractivity contribution >= 4 is 12.1 Å². The van der Waals surface area contributed by atoms with E-state index in [1.165, 1.54) is 5.56 Å². The van der Waals surface area contributed by atoms with Crippen molar-refractivity contribution in [1.82, 2.24) is 5.32 Å². The second kappa shape index (κ2) is 7.55. The number of nitrogens with one attached hydrogen (secondary N) is 1. The van der Waals surface area contributed by atoms with Crippen LogP contribution >= 0.6 is 0 Å². The molecule has 132 valence electrons. The number of carboxylic acids is 1. The maximum atomic E-state index is 11.7. The molecule has 1 aliphatic rings. The van der Waals surface area contributed by atoms with Crippen molar-refractivity contribution in [3.05, 3.63) is 29.3 Å². The highest BCUT2D eigenvalue weighted by Crippen LogP contribution is 2.28. The molecule has 2 rings (SSSR count). The van der Waals surface area contributed by atoms with Crippen LogP contribution in [0.3, 0.4) is 0 Å². The average Bonchev–Trinajstić information content (AvgIpc) is 2.48. The topological polar surface area (TPSA) is 84.9 Å². The Balaban J connectivity index is 1.89. The number of carbonyl (C=O) groups is 2. The summed E-state index contributed by atoms with van der Waals surface area (Å²) in [6.45, 7) is 5.73. The minimum absolute atomic E-state index is 0.333. The molecule has 1 amide bonds. The van der Waals surface area contributed by atoms with E-state index in [1.54, 1.807) is 6.07 Å². The first-order valence-electron chi connectivity index (χ1n) is 8.16. The van der Waals surface area contributed by atoms with Crippen molar-refractivity contribution in [2.45, 2.75) is 45.6 Å². The zero-order chi connectivity index (χ0) is 17.7. The van der Waals surface area contributed by atoms with Gasteiger partial charge < -0.3 is 19.9 Å². The van der Waals surface area contributed by atoms with Gasteiger partial charge in [0, 0.05) is 6.54 Å². The highest BCUT2D eigenvalue weighted by atomic mass is 16.6. The largest absolute Gasteiger partial charge is 0.482 e. The van der Waals surface area contributed by atoms with Crippen LogP contribution in [0.5, 0.6) is 5.75 Å². The van der Waals surface area contributed by atoms with E-state index in [-0.39, 0.29) is 6.61 Å². The first kappa shape index (κ1) is 18.1. The fraction of sp³-hybridized carbons (Fsp3) is 0.556. The predicted molar refractivity (Wildman–Crippen MR) is 89.3 cm³/mol. The summed E-state index contributed by atoms with van der Waals surface area (Å²) in [6, 6.07) is 5.70. The lowest BCUT2D eigenvalue weighted by atomic mass is 9.84. The van der Waals surface area contributed by atoms with Crippen molar-refractivity contribution in [3.63, 3.8) is 0 Å². The minimum Gasteiger partial charge on any atom is -0.482 e. The molecule has 1 unspecified atom stereocenters. The zero-order valence-electron chi connectivity index (χ0n) is 14.4. The standard InChI is InChI=1S/C18H25NO5/c1-18(2,3)24-17(22)19-10-12-4-5-13-6-7-15(9-14(13)8-12)23-11-16(20)21/h6-7,9,12H,4-5,8,10-11H2,1-3H3,(H,19,22)(H,20,21). The number of hydrogen-bond donors (Lipinski definition) is 2. The van der Waals surface area contributed by atoms with E-state index in [4.69, 9.17) is 14.6 Å². The lowest BCUT2D eigenvalue weighted by Crippen LogP contribution is -2.36. The molecule has 0 heterocycles. The number of alkyl carbamates (subject to hydrolysis) is 1. The fourth-order valence-electron chi connectivity index (χ4n) is 2.76. The van der Waals surface area contributed by atoms with E-state index in [9.17, 15) is 9.59 Å². The molecule has 0 spiro atoms. The van der Waals surface area contributed by atoms with Gasteiger partial charge in [-0.1, -0.05) is 6.07 Å². The first-order chi connectivity index (χ1) is 11.2. The van der Waals surface area contributed by atoms with Crippen LogP contribution in [0.15, 0.2) is 18.2 Å². The van der Waals surface area contributed by atoms with Gasteiger partial charge in [-0.15, -0.1) is 0 Å². The molecule has 1 aromatic carbocycles. The van der Waals surface area contributed by atoms with Gasteiger partial charge in [-0.25, -0.2) is 9.59 Å². The van der Waals surface area contributed by atoms with Gasteiger partial charge >= 0.3 is 12.1 Å². The number of aliphatic carboxylic acids is 1. The van der Waals surface area contributed by atoms with Crippen molar-refractivity contribution in [1.29, 1.82) is 0 Å². The van der Waals surface area contributed by atoms with Gasteiger partial charge in [0.25, 0.3) is 0 Å². The summed E-state index contributed by atoms with van der Waals surface area (Å²) in [6.07, 6.45) is 2.37. The number of rotatable bonds is 5. The molecule has 1 aliphatic carbocycles. The predicted octanol–water partition coefficient (Wildman–Crippen LogP) is 2.78. The Hall–Kier alpha value is -2.24. The summed E-state index contributed by atoms with van der Waals surface area (Å²) in [5.74, 6) is -0.0937. The van der Waals surface area contributed by atoms with Gasteiger partial charge in [-0.2, -0.15) is 0 Å². The maximum absolute atomic E-state index is 11.7. The normalized spacial score (nSPS) is 16.9. The number of aryl methyl sites for hydroxylation is 1. The molecule has 6 heteroatoms. The van der Waals surface area contributed by atoms with Gasteiger partial charge in [-0.05, 0) is 69.2 Å². The Labute approximate surface area is 142 Å². The smallest absolute Gasteiger partial charge is 0.407 e. The van der Waals surface area contributed by atoms with E-state index in [2.05, 4.69) is 5.32 Å². The van der Waals surface area contributed by atoms with Crippen LogP contribution in [0.1, 0.15) is 38.3 Å². The quantitative estimate of drug-likeness (QED) is 0.864. The number of amides is 1. The van der Waals surface area contributed by atoms with E-state index in [0.29, 0.717) is 18.2 Å². The Kier molecular flexibility index (Phi) is 5.70. The molecule has 0 radical (unpaired) electrons. The van der Waals surface area contributed by atoms with Crippen molar-refractivity contribution in [2.24, 2.45) is 5.92 Å². The number of carbonyl (C=O) groups excluding carboxylic acids is 1. The molecule has 0 saturated heterocycles. The number of ether oxygens (including phenoxy) is 2. The minimum atomic E-state index is -0.993. The number of carboxylic acid groups (broad SMARTS) is 1. The van der Waals surface area contributed by atoms with E-state index < -0.39 is 17.7 Å². The van der Waals surface area contributed by atoms with Gasteiger partial charge in [0.1, 0.15) is 11.4 Å². The number of benzene rings is 1. The monoisotopic (exact) mass is 335 g/mol. The third-order valence-electron chi connectivity index (χ3n) is 3.80. The average molecular weight is 335 g/mol. The first-order valence-corrected chi connectivity index (χ1v) is 8.16. The SMILES string of the molecule is CC(C)(C)OC(=O)NCC1CCc2ccc(OCC(=O)O)cc2C1. The van der Waals surface area contributed by atoms with Crippen molar-refractivity contribution in [3.8, 4) is 5.75 Å². The van der Waals surface area contributed by atoms with Crippen LogP contribution < -0.4 is 10.1 Å². The van der Waals surface area contributed by atoms with Crippen molar-refractivity contribution < 1.29 is 24.2 Å². The summed E-state index contributed by atoms with van der Waals surface area (Å²) >= 11 is 0. The Morgan fingerprint density at radius 2 is 2.04 bits per heavy atom. The van der Waals surface area contributed by atoms with Crippen LogP contribution in [-0.2, 0) is 22.4 Å². The second-order valence-corrected chi connectivity index (χ2v) is 7.10. The number of hydrogen-bond acceptors (Lipinski definition) is 4. The lowest BCUT2D eigenvalue weighted by molar-refractivity contribution is -0.139. The highest BCUT2D eigenvalue weighted by molar-refractivity contribution is 5.68.